The van der Waals surface area contributed by atoms with Crippen molar-refractivity contribution in [2.75, 3.05) is 0 Å². The molecular formula is C23H22S2. The van der Waals surface area contributed by atoms with Crippen molar-refractivity contribution in [2.45, 2.75) is 41.9 Å². The van der Waals surface area contributed by atoms with Crippen LogP contribution >= 0.6 is 23.5 Å². The molecule has 5 rings (SSSR count). The summed E-state index contributed by atoms with van der Waals surface area (Å²) in [6.45, 7) is 0. The molecule has 1 fully saturated rings. The molecule has 0 aromatic heterocycles. The van der Waals surface area contributed by atoms with Gasteiger partial charge in [-0.25, -0.2) is 0 Å². The smallest absolute Gasteiger partial charge is 0.0118 e. The molecule has 0 bridgehead atoms. The van der Waals surface area contributed by atoms with Crippen molar-refractivity contribution >= 4 is 23.5 Å². The molecule has 126 valence electrons. The van der Waals surface area contributed by atoms with E-state index in [1.807, 2.05) is 23.5 Å². The number of benzene rings is 2. The Kier molecular flexibility index (Phi) is 3.87. The fourth-order valence-electron chi connectivity index (χ4n) is 5.03. The Bertz CT molecular complexity index is 765. The van der Waals surface area contributed by atoms with E-state index in [0.717, 1.165) is 0 Å². The van der Waals surface area contributed by atoms with Crippen LogP contribution in [-0.2, 0) is 0 Å². The first-order valence-corrected chi connectivity index (χ1v) is 10.8. The lowest BCUT2D eigenvalue weighted by Gasteiger charge is -2.32. The second kappa shape index (κ2) is 6.10. The van der Waals surface area contributed by atoms with Gasteiger partial charge in [-0.3, -0.25) is 0 Å². The van der Waals surface area contributed by atoms with Gasteiger partial charge in [-0.1, -0.05) is 78.5 Å². The zero-order valence-corrected chi connectivity index (χ0v) is 15.9. The first-order chi connectivity index (χ1) is 12.3. The molecule has 0 amide bonds. The van der Waals surface area contributed by atoms with Gasteiger partial charge in [-0.05, 0) is 59.8 Å². The molecule has 0 heterocycles. The number of hydrogen-bond acceptors (Lipinski definition) is 2. The maximum atomic E-state index is 2.66. The summed E-state index contributed by atoms with van der Waals surface area (Å²) in [5.41, 5.74) is 0.808. The minimum atomic E-state index is 0.404. The first-order valence-electron chi connectivity index (χ1n) is 9.16. The van der Waals surface area contributed by atoms with Crippen molar-refractivity contribution in [1.82, 2.24) is 0 Å². The Morgan fingerprint density at radius 2 is 1.04 bits per heavy atom. The fraction of sp³-hybridized carbons (Fsp3) is 0.304. The van der Waals surface area contributed by atoms with E-state index >= 15 is 0 Å². The van der Waals surface area contributed by atoms with Crippen molar-refractivity contribution < 1.29 is 0 Å². The van der Waals surface area contributed by atoms with E-state index in [1.54, 1.807) is 9.81 Å². The van der Waals surface area contributed by atoms with Gasteiger partial charge < -0.3 is 0 Å². The summed E-state index contributed by atoms with van der Waals surface area (Å²) in [7, 11) is 0. The van der Waals surface area contributed by atoms with Gasteiger partial charge in [0.05, 0.1) is 0 Å². The van der Waals surface area contributed by atoms with E-state index < -0.39 is 0 Å². The highest BCUT2D eigenvalue weighted by atomic mass is 32.2. The van der Waals surface area contributed by atoms with Crippen LogP contribution in [0.5, 0.6) is 0 Å². The van der Waals surface area contributed by atoms with Crippen LogP contribution in [0.1, 0.15) is 32.1 Å². The first kappa shape index (κ1) is 15.8. The molecule has 2 heteroatoms. The van der Waals surface area contributed by atoms with Crippen LogP contribution in [0.2, 0.25) is 0 Å². The zero-order valence-electron chi connectivity index (χ0n) is 14.3. The number of hydrogen-bond donors (Lipinski definition) is 0. The van der Waals surface area contributed by atoms with E-state index in [-0.39, 0.29) is 0 Å². The van der Waals surface area contributed by atoms with Gasteiger partial charge in [0.1, 0.15) is 0 Å². The molecule has 0 spiro atoms. The van der Waals surface area contributed by atoms with Gasteiger partial charge in [0.25, 0.3) is 0 Å². The highest BCUT2D eigenvalue weighted by molar-refractivity contribution is 8.03. The SMILES string of the molecule is C1=C(Sc2ccccc2)C[C@]23C=C(Sc4ccccc4)C[C@]12CCC3. The minimum absolute atomic E-state index is 0.404. The Balaban J connectivity index is 1.39. The molecule has 0 saturated heterocycles. The average molecular weight is 363 g/mol. The molecule has 1 saturated carbocycles. The van der Waals surface area contributed by atoms with E-state index in [2.05, 4.69) is 72.8 Å². The van der Waals surface area contributed by atoms with Crippen molar-refractivity contribution in [3.05, 3.63) is 82.6 Å². The average Bonchev–Trinajstić information content (AvgIpc) is 3.16. The third kappa shape index (κ3) is 2.71. The molecule has 3 aliphatic carbocycles. The Labute approximate surface area is 158 Å². The molecule has 0 radical (unpaired) electrons. The van der Waals surface area contributed by atoms with E-state index in [1.165, 1.54) is 41.9 Å². The van der Waals surface area contributed by atoms with E-state index in [0.29, 0.717) is 10.8 Å². The Morgan fingerprint density at radius 1 is 0.600 bits per heavy atom. The maximum Gasteiger partial charge on any atom is 0.0118 e. The van der Waals surface area contributed by atoms with Gasteiger partial charge >= 0.3 is 0 Å². The highest BCUT2D eigenvalue weighted by Gasteiger charge is 2.59. The molecule has 2 aromatic carbocycles. The molecule has 2 aromatic rings. The Hall–Kier alpha value is -1.38. The zero-order chi connectivity index (χ0) is 16.7. The lowest BCUT2D eigenvalue weighted by molar-refractivity contribution is 0.230. The summed E-state index contributed by atoms with van der Waals surface area (Å²) in [5, 5.41) is 0. The van der Waals surface area contributed by atoms with Gasteiger partial charge in [-0.2, -0.15) is 0 Å². The number of thioether (sulfide) groups is 2. The molecule has 0 N–H and O–H groups in total. The van der Waals surface area contributed by atoms with Crippen molar-refractivity contribution in [1.29, 1.82) is 0 Å². The van der Waals surface area contributed by atoms with Crippen molar-refractivity contribution in [3.63, 3.8) is 0 Å². The summed E-state index contributed by atoms with van der Waals surface area (Å²) < 4.78 is 0. The molecular weight excluding hydrogens is 340 g/mol. The van der Waals surface area contributed by atoms with Gasteiger partial charge in [0.15, 0.2) is 0 Å². The highest BCUT2D eigenvalue weighted by Crippen LogP contribution is 2.71. The third-order valence-electron chi connectivity index (χ3n) is 6.08. The lowest BCUT2D eigenvalue weighted by atomic mass is 9.70. The second-order valence-corrected chi connectivity index (χ2v) is 9.97. The summed E-state index contributed by atoms with van der Waals surface area (Å²) >= 11 is 3.97. The van der Waals surface area contributed by atoms with Crippen LogP contribution in [0.4, 0.5) is 0 Å². The summed E-state index contributed by atoms with van der Waals surface area (Å²) in [4.78, 5) is 5.93. The van der Waals surface area contributed by atoms with Crippen molar-refractivity contribution in [2.24, 2.45) is 10.8 Å². The standard InChI is InChI=1S/C23H22S2/c1-3-8-18(9-4-1)24-20-14-22-12-7-13-23(22,15-20)17-21(16-22)25-19-10-5-2-6-11-19/h1-6,8-11,14,17H,7,12-13,15-16H2/t22-,23+/m0/s1. The third-order valence-corrected chi connectivity index (χ3v) is 8.14. The summed E-state index contributed by atoms with van der Waals surface area (Å²) in [6, 6.07) is 21.7. The summed E-state index contributed by atoms with van der Waals surface area (Å²) in [5.74, 6) is 0. The Morgan fingerprint density at radius 3 is 1.48 bits per heavy atom. The van der Waals surface area contributed by atoms with Gasteiger partial charge in [-0.15, -0.1) is 0 Å². The molecule has 0 aliphatic heterocycles. The molecule has 2 atom stereocenters. The lowest BCUT2D eigenvalue weighted by Crippen LogP contribution is -2.26. The quantitative estimate of drug-likeness (QED) is 0.559. The number of allylic oxidation sites excluding steroid dienone is 4. The van der Waals surface area contributed by atoms with E-state index in [9.17, 15) is 0 Å². The predicted molar refractivity (Wildman–Crippen MR) is 109 cm³/mol. The topological polar surface area (TPSA) is 0 Å². The van der Waals surface area contributed by atoms with Crippen LogP contribution < -0.4 is 0 Å². The van der Waals surface area contributed by atoms with Gasteiger partial charge in [0.2, 0.25) is 0 Å². The van der Waals surface area contributed by atoms with Crippen LogP contribution in [0.15, 0.2) is 92.4 Å². The van der Waals surface area contributed by atoms with Gasteiger partial charge in [0, 0.05) is 20.6 Å². The molecule has 0 nitrogen and oxygen atoms in total. The van der Waals surface area contributed by atoms with E-state index in [4.69, 9.17) is 0 Å². The summed E-state index contributed by atoms with van der Waals surface area (Å²) in [6.07, 6.45) is 11.9. The van der Waals surface area contributed by atoms with Crippen LogP contribution in [0, 0.1) is 10.8 Å². The second-order valence-electron chi connectivity index (χ2n) is 7.57. The normalized spacial score (nSPS) is 29.9. The molecule has 0 unspecified atom stereocenters. The van der Waals surface area contributed by atoms with Crippen LogP contribution in [0.3, 0.4) is 0 Å². The minimum Gasteiger partial charge on any atom is -0.0948 e. The predicted octanol–water partition coefficient (Wildman–Crippen LogP) is 7.30. The largest absolute Gasteiger partial charge is 0.0948 e. The maximum absolute atomic E-state index is 2.66. The van der Waals surface area contributed by atoms with Crippen molar-refractivity contribution in [3.8, 4) is 0 Å². The monoisotopic (exact) mass is 362 g/mol. The number of rotatable bonds is 4. The molecule has 3 aliphatic rings. The van der Waals surface area contributed by atoms with Crippen LogP contribution in [-0.4, -0.2) is 0 Å². The molecule has 25 heavy (non-hydrogen) atoms. The van der Waals surface area contributed by atoms with Crippen LogP contribution in [0.25, 0.3) is 0 Å². The fourth-order valence-corrected chi connectivity index (χ4v) is 7.45.